The fourth-order valence-electron chi connectivity index (χ4n) is 2.02. The second kappa shape index (κ2) is 8.72. The van der Waals surface area contributed by atoms with Crippen molar-refractivity contribution in [3.05, 3.63) is 30.0 Å². The minimum atomic E-state index is -0.370. The number of anilines is 1. The van der Waals surface area contributed by atoms with Crippen LogP contribution in [0.2, 0.25) is 0 Å². The summed E-state index contributed by atoms with van der Waals surface area (Å²) >= 11 is 0. The number of rotatable bonds is 8. The Morgan fingerprint density at radius 2 is 1.68 bits per heavy atom. The number of nitrogens with zero attached hydrogens (tertiary/aromatic N) is 2. The highest BCUT2D eigenvalue weighted by Gasteiger charge is 2.15. The van der Waals surface area contributed by atoms with E-state index in [1.807, 2.05) is 13.8 Å². The standard InChI is InChI=1S/C17H21N3O5/c1-5-24-16-14(10-18-17(20-16)25-6-2)19-15(21)11-7-12(22-3)9-13(8-11)23-4/h7-10H,5-6H2,1-4H3,(H,19,21). The summed E-state index contributed by atoms with van der Waals surface area (Å²) in [6.45, 7) is 4.47. The van der Waals surface area contributed by atoms with E-state index in [9.17, 15) is 4.79 Å². The molecule has 0 saturated carbocycles. The first-order valence-electron chi connectivity index (χ1n) is 7.78. The van der Waals surface area contributed by atoms with E-state index in [4.69, 9.17) is 18.9 Å². The van der Waals surface area contributed by atoms with E-state index in [1.165, 1.54) is 20.4 Å². The van der Waals surface area contributed by atoms with E-state index in [1.54, 1.807) is 18.2 Å². The van der Waals surface area contributed by atoms with Gasteiger partial charge in [-0.15, -0.1) is 0 Å². The van der Waals surface area contributed by atoms with Crippen LogP contribution in [-0.2, 0) is 0 Å². The molecule has 2 aromatic rings. The average Bonchev–Trinajstić information content (AvgIpc) is 2.63. The first-order chi connectivity index (χ1) is 12.1. The van der Waals surface area contributed by atoms with Gasteiger partial charge in [0.1, 0.15) is 17.2 Å². The number of hydrogen-bond acceptors (Lipinski definition) is 7. The third-order valence-electron chi connectivity index (χ3n) is 3.15. The summed E-state index contributed by atoms with van der Waals surface area (Å²) in [5, 5.41) is 2.73. The molecule has 8 heteroatoms. The largest absolute Gasteiger partial charge is 0.497 e. The van der Waals surface area contributed by atoms with Crippen LogP contribution in [0.25, 0.3) is 0 Å². The predicted molar refractivity (Wildman–Crippen MR) is 91.9 cm³/mol. The van der Waals surface area contributed by atoms with Gasteiger partial charge in [0.25, 0.3) is 5.91 Å². The Labute approximate surface area is 146 Å². The molecule has 8 nitrogen and oxygen atoms in total. The summed E-state index contributed by atoms with van der Waals surface area (Å²) in [5.41, 5.74) is 0.713. The molecule has 0 spiro atoms. The summed E-state index contributed by atoms with van der Waals surface area (Å²) in [5.74, 6) is 0.894. The van der Waals surface area contributed by atoms with E-state index in [0.29, 0.717) is 36.0 Å². The number of carbonyl (C=O) groups is 1. The number of hydrogen-bond donors (Lipinski definition) is 1. The molecular weight excluding hydrogens is 326 g/mol. The summed E-state index contributed by atoms with van der Waals surface area (Å²) < 4.78 is 21.1. The lowest BCUT2D eigenvalue weighted by atomic mass is 10.2. The Morgan fingerprint density at radius 1 is 1.04 bits per heavy atom. The molecule has 0 saturated heterocycles. The van der Waals surface area contributed by atoms with Crippen LogP contribution in [0.4, 0.5) is 5.69 Å². The molecule has 0 atom stereocenters. The molecule has 0 aliphatic heterocycles. The van der Waals surface area contributed by atoms with Crippen LogP contribution in [0.3, 0.4) is 0 Å². The fraction of sp³-hybridized carbons (Fsp3) is 0.353. The molecule has 0 aliphatic carbocycles. The first-order valence-corrected chi connectivity index (χ1v) is 7.78. The number of ether oxygens (including phenoxy) is 4. The van der Waals surface area contributed by atoms with Gasteiger partial charge in [-0.05, 0) is 26.0 Å². The lowest BCUT2D eigenvalue weighted by Gasteiger charge is -2.12. The van der Waals surface area contributed by atoms with E-state index < -0.39 is 0 Å². The smallest absolute Gasteiger partial charge is 0.319 e. The maximum absolute atomic E-state index is 12.6. The maximum Gasteiger partial charge on any atom is 0.319 e. The molecule has 2 rings (SSSR count). The number of amides is 1. The van der Waals surface area contributed by atoms with Crippen LogP contribution in [0.1, 0.15) is 24.2 Å². The summed E-state index contributed by atoms with van der Waals surface area (Å²) in [6, 6.07) is 5.08. The quantitative estimate of drug-likeness (QED) is 0.784. The molecule has 0 bridgehead atoms. The maximum atomic E-state index is 12.6. The second-order valence-electron chi connectivity index (χ2n) is 4.79. The lowest BCUT2D eigenvalue weighted by molar-refractivity contribution is 0.102. The number of benzene rings is 1. The van der Waals surface area contributed by atoms with Gasteiger partial charge in [-0.1, -0.05) is 0 Å². The van der Waals surface area contributed by atoms with Gasteiger partial charge in [-0.25, -0.2) is 4.98 Å². The number of carbonyl (C=O) groups excluding carboxylic acids is 1. The highest BCUT2D eigenvalue weighted by Crippen LogP contribution is 2.26. The van der Waals surface area contributed by atoms with Gasteiger partial charge in [0.2, 0.25) is 5.88 Å². The zero-order valence-electron chi connectivity index (χ0n) is 14.7. The minimum Gasteiger partial charge on any atom is -0.497 e. The molecule has 1 N–H and O–H groups in total. The second-order valence-corrected chi connectivity index (χ2v) is 4.79. The van der Waals surface area contributed by atoms with Crippen molar-refractivity contribution >= 4 is 11.6 Å². The Hall–Kier alpha value is -3.03. The van der Waals surface area contributed by atoms with Gasteiger partial charge in [-0.2, -0.15) is 4.98 Å². The predicted octanol–water partition coefficient (Wildman–Crippen LogP) is 2.54. The molecule has 1 heterocycles. The van der Waals surface area contributed by atoms with Crippen molar-refractivity contribution in [1.29, 1.82) is 0 Å². The van der Waals surface area contributed by atoms with Crippen molar-refractivity contribution in [2.75, 3.05) is 32.8 Å². The van der Waals surface area contributed by atoms with Crippen molar-refractivity contribution in [2.24, 2.45) is 0 Å². The summed E-state index contributed by atoms with van der Waals surface area (Å²) in [6.07, 6.45) is 1.44. The van der Waals surface area contributed by atoms with Crippen LogP contribution < -0.4 is 24.3 Å². The van der Waals surface area contributed by atoms with Crippen LogP contribution in [0.5, 0.6) is 23.4 Å². The van der Waals surface area contributed by atoms with Crippen LogP contribution in [-0.4, -0.2) is 43.3 Å². The van der Waals surface area contributed by atoms with Crippen molar-refractivity contribution < 1.29 is 23.7 Å². The van der Waals surface area contributed by atoms with Crippen molar-refractivity contribution in [1.82, 2.24) is 9.97 Å². The zero-order valence-corrected chi connectivity index (χ0v) is 14.7. The summed E-state index contributed by atoms with van der Waals surface area (Å²) in [4.78, 5) is 20.7. The lowest BCUT2D eigenvalue weighted by Crippen LogP contribution is -2.14. The zero-order chi connectivity index (χ0) is 18.2. The van der Waals surface area contributed by atoms with E-state index >= 15 is 0 Å². The molecule has 0 aliphatic rings. The highest BCUT2D eigenvalue weighted by molar-refractivity contribution is 6.05. The molecule has 0 unspecified atom stereocenters. The van der Waals surface area contributed by atoms with E-state index in [-0.39, 0.29) is 17.8 Å². The average molecular weight is 347 g/mol. The fourth-order valence-corrected chi connectivity index (χ4v) is 2.02. The van der Waals surface area contributed by atoms with Gasteiger partial charge in [0.05, 0.1) is 33.6 Å². The molecule has 25 heavy (non-hydrogen) atoms. The Balaban J connectivity index is 2.27. The van der Waals surface area contributed by atoms with E-state index in [0.717, 1.165) is 0 Å². The topological polar surface area (TPSA) is 91.8 Å². The van der Waals surface area contributed by atoms with Crippen LogP contribution in [0, 0.1) is 0 Å². The molecule has 1 aromatic heterocycles. The number of methoxy groups -OCH3 is 2. The molecular formula is C17H21N3O5. The first kappa shape index (κ1) is 18.3. The van der Waals surface area contributed by atoms with Crippen molar-refractivity contribution in [3.63, 3.8) is 0 Å². The van der Waals surface area contributed by atoms with Gasteiger partial charge in [0, 0.05) is 11.6 Å². The van der Waals surface area contributed by atoms with Crippen LogP contribution >= 0.6 is 0 Å². The number of aromatic nitrogens is 2. The third kappa shape index (κ3) is 4.72. The van der Waals surface area contributed by atoms with Crippen molar-refractivity contribution in [2.45, 2.75) is 13.8 Å². The van der Waals surface area contributed by atoms with Gasteiger partial charge >= 0.3 is 6.01 Å². The Bertz CT molecular complexity index is 714. The Kier molecular flexibility index (Phi) is 6.39. The molecule has 0 radical (unpaired) electrons. The number of nitrogens with one attached hydrogen (secondary N) is 1. The Morgan fingerprint density at radius 3 is 2.24 bits per heavy atom. The van der Waals surface area contributed by atoms with Gasteiger partial charge in [-0.3, -0.25) is 4.79 Å². The third-order valence-corrected chi connectivity index (χ3v) is 3.15. The van der Waals surface area contributed by atoms with Crippen LogP contribution in [0.15, 0.2) is 24.4 Å². The SMILES string of the molecule is CCOc1ncc(NC(=O)c2cc(OC)cc(OC)c2)c(OCC)n1. The highest BCUT2D eigenvalue weighted by atomic mass is 16.5. The molecule has 1 amide bonds. The van der Waals surface area contributed by atoms with Crippen molar-refractivity contribution in [3.8, 4) is 23.4 Å². The monoisotopic (exact) mass is 347 g/mol. The van der Waals surface area contributed by atoms with Gasteiger partial charge < -0.3 is 24.3 Å². The normalized spacial score (nSPS) is 10.1. The molecule has 134 valence electrons. The van der Waals surface area contributed by atoms with Gasteiger partial charge in [0.15, 0.2) is 0 Å². The molecule has 1 aromatic carbocycles. The molecule has 0 fully saturated rings. The van der Waals surface area contributed by atoms with E-state index in [2.05, 4.69) is 15.3 Å². The summed E-state index contributed by atoms with van der Waals surface area (Å²) in [7, 11) is 3.04. The minimum absolute atomic E-state index is 0.187.